The van der Waals surface area contributed by atoms with Crippen LogP contribution in [0.15, 0.2) is 87.1 Å². The smallest absolute Gasteiger partial charge is 0.308 e. The van der Waals surface area contributed by atoms with Gasteiger partial charge in [0.2, 0.25) is 5.82 Å². The molecule has 0 aliphatic heterocycles. The van der Waals surface area contributed by atoms with Gasteiger partial charge >= 0.3 is 5.97 Å². The lowest BCUT2D eigenvalue weighted by molar-refractivity contribution is -0.131. The molecule has 0 aliphatic rings. The van der Waals surface area contributed by atoms with Crippen LogP contribution in [0.4, 0.5) is 0 Å². The zero-order chi connectivity index (χ0) is 23.7. The molecular formula is C26H19N3O5. The van der Waals surface area contributed by atoms with Crippen molar-refractivity contribution in [3.8, 4) is 23.1 Å². The number of methoxy groups -OCH3 is 1. The highest BCUT2D eigenvalue weighted by Crippen LogP contribution is 2.32. The van der Waals surface area contributed by atoms with Gasteiger partial charge in [0, 0.05) is 12.5 Å². The highest BCUT2D eigenvalue weighted by Gasteiger charge is 2.18. The van der Waals surface area contributed by atoms with Crippen molar-refractivity contribution < 1.29 is 18.7 Å². The van der Waals surface area contributed by atoms with Crippen molar-refractivity contribution in [1.82, 2.24) is 9.66 Å². The van der Waals surface area contributed by atoms with Gasteiger partial charge < -0.3 is 13.9 Å². The Morgan fingerprint density at radius 2 is 1.76 bits per heavy atom. The molecular weight excluding hydrogens is 434 g/mol. The number of benzene rings is 3. The van der Waals surface area contributed by atoms with Gasteiger partial charge in [0.25, 0.3) is 5.56 Å². The first-order valence-corrected chi connectivity index (χ1v) is 10.5. The minimum absolute atomic E-state index is 0.225. The van der Waals surface area contributed by atoms with Crippen molar-refractivity contribution in [2.24, 2.45) is 5.10 Å². The summed E-state index contributed by atoms with van der Waals surface area (Å²) >= 11 is 0. The summed E-state index contributed by atoms with van der Waals surface area (Å²) in [4.78, 5) is 29.5. The molecule has 0 unspecified atom stereocenters. The Bertz CT molecular complexity index is 1630. The van der Waals surface area contributed by atoms with Gasteiger partial charge in [-0.05, 0) is 42.5 Å². The molecule has 168 valence electrons. The van der Waals surface area contributed by atoms with Gasteiger partial charge in [-0.15, -0.1) is 0 Å². The van der Waals surface area contributed by atoms with Crippen LogP contribution in [0.2, 0.25) is 0 Å². The Labute approximate surface area is 193 Å². The molecule has 0 radical (unpaired) electrons. The van der Waals surface area contributed by atoms with E-state index < -0.39 is 5.97 Å². The van der Waals surface area contributed by atoms with Crippen LogP contribution in [0.3, 0.4) is 0 Å². The normalized spacial score (nSPS) is 11.4. The fourth-order valence-corrected chi connectivity index (χ4v) is 3.67. The van der Waals surface area contributed by atoms with E-state index in [0.29, 0.717) is 39.3 Å². The molecule has 34 heavy (non-hydrogen) atoms. The number of hydrogen-bond acceptors (Lipinski definition) is 7. The summed E-state index contributed by atoms with van der Waals surface area (Å²) in [5.74, 6) is 1.09. The quantitative estimate of drug-likeness (QED) is 0.219. The molecule has 0 bridgehead atoms. The summed E-state index contributed by atoms with van der Waals surface area (Å²) in [6, 6.07) is 21.1. The van der Waals surface area contributed by atoms with Crippen LogP contribution in [0, 0.1) is 0 Å². The number of rotatable bonds is 5. The molecule has 5 aromatic rings. The standard InChI is InChI=1S/C26H19N3O5/c1-16(30)33-21-11-6-3-8-17(21)15-27-29-25(28-20-10-5-4-9-18(20)26(29)31)24-14-19-22(32-2)12-7-13-23(19)34-24/h3-15H,1-2H3. The molecule has 2 heterocycles. The molecule has 5 rings (SSSR count). The van der Waals surface area contributed by atoms with E-state index in [1.54, 1.807) is 55.6 Å². The molecule has 0 saturated heterocycles. The average Bonchev–Trinajstić information content (AvgIpc) is 3.28. The van der Waals surface area contributed by atoms with Gasteiger partial charge in [-0.2, -0.15) is 9.78 Å². The maximum Gasteiger partial charge on any atom is 0.308 e. The highest BCUT2D eigenvalue weighted by molar-refractivity contribution is 5.89. The molecule has 0 N–H and O–H groups in total. The second kappa shape index (κ2) is 8.67. The van der Waals surface area contributed by atoms with Crippen LogP contribution in [0.25, 0.3) is 33.5 Å². The first-order valence-electron chi connectivity index (χ1n) is 10.5. The van der Waals surface area contributed by atoms with E-state index >= 15 is 0 Å². The van der Waals surface area contributed by atoms with Crippen LogP contribution in [-0.2, 0) is 4.79 Å². The van der Waals surface area contributed by atoms with Crippen LogP contribution >= 0.6 is 0 Å². The highest BCUT2D eigenvalue weighted by atomic mass is 16.5. The first kappa shape index (κ1) is 21.1. The zero-order valence-corrected chi connectivity index (χ0v) is 18.4. The van der Waals surface area contributed by atoms with Crippen LogP contribution in [0.1, 0.15) is 12.5 Å². The van der Waals surface area contributed by atoms with Crippen molar-refractivity contribution in [3.05, 3.63) is 88.7 Å². The third-order valence-corrected chi connectivity index (χ3v) is 5.20. The number of hydrogen-bond donors (Lipinski definition) is 0. The minimum atomic E-state index is -0.456. The van der Waals surface area contributed by atoms with Gasteiger partial charge in [0.05, 0.1) is 29.6 Å². The number of esters is 1. The molecule has 0 aliphatic carbocycles. The topological polar surface area (TPSA) is 95.9 Å². The Kier molecular flexibility index (Phi) is 5.39. The second-order valence-electron chi connectivity index (χ2n) is 7.43. The lowest BCUT2D eigenvalue weighted by atomic mass is 10.2. The maximum atomic E-state index is 13.4. The fraction of sp³-hybridized carbons (Fsp3) is 0.0769. The Balaban J connectivity index is 1.72. The minimum Gasteiger partial charge on any atom is -0.496 e. The molecule has 0 spiro atoms. The van der Waals surface area contributed by atoms with Crippen LogP contribution in [0.5, 0.6) is 11.5 Å². The second-order valence-corrected chi connectivity index (χ2v) is 7.43. The Hall–Kier alpha value is -4.72. The number of furan rings is 1. The predicted molar refractivity (Wildman–Crippen MR) is 129 cm³/mol. The molecule has 3 aromatic carbocycles. The zero-order valence-electron chi connectivity index (χ0n) is 18.4. The number of para-hydroxylation sites is 2. The summed E-state index contributed by atoms with van der Waals surface area (Å²) in [7, 11) is 1.58. The number of fused-ring (bicyclic) bond motifs is 2. The lowest BCUT2D eigenvalue weighted by Crippen LogP contribution is -2.20. The van der Waals surface area contributed by atoms with Crippen LogP contribution in [-0.4, -0.2) is 29.0 Å². The predicted octanol–water partition coefficient (Wildman–Crippen LogP) is 4.63. The summed E-state index contributed by atoms with van der Waals surface area (Å²) in [6.07, 6.45) is 1.45. The molecule has 8 nitrogen and oxygen atoms in total. The van der Waals surface area contributed by atoms with E-state index in [0.717, 1.165) is 5.39 Å². The molecule has 8 heteroatoms. The van der Waals surface area contributed by atoms with E-state index in [1.165, 1.54) is 17.8 Å². The lowest BCUT2D eigenvalue weighted by Gasteiger charge is -2.08. The molecule has 2 aromatic heterocycles. The van der Waals surface area contributed by atoms with Crippen LogP contribution < -0.4 is 15.0 Å². The van der Waals surface area contributed by atoms with E-state index in [2.05, 4.69) is 10.1 Å². The van der Waals surface area contributed by atoms with Gasteiger partial charge in [0.15, 0.2) is 5.76 Å². The number of nitrogens with zero attached hydrogens (tertiary/aromatic N) is 3. The van der Waals surface area contributed by atoms with Crippen molar-refractivity contribution in [2.45, 2.75) is 6.92 Å². The van der Waals surface area contributed by atoms with Gasteiger partial charge in [0.1, 0.15) is 17.1 Å². The summed E-state index contributed by atoms with van der Waals surface area (Å²) in [6.45, 7) is 1.32. The molecule has 0 fully saturated rings. The van der Waals surface area contributed by atoms with E-state index in [-0.39, 0.29) is 11.4 Å². The number of aromatic nitrogens is 2. The Morgan fingerprint density at radius 1 is 1.00 bits per heavy atom. The van der Waals surface area contributed by atoms with Crippen molar-refractivity contribution in [1.29, 1.82) is 0 Å². The van der Waals surface area contributed by atoms with Crippen molar-refractivity contribution in [3.63, 3.8) is 0 Å². The Morgan fingerprint density at radius 3 is 2.59 bits per heavy atom. The molecule has 0 saturated carbocycles. The third-order valence-electron chi connectivity index (χ3n) is 5.20. The molecule has 0 atom stereocenters. The number of carbonyl (C=O) groups excluding carboxylic acids is 1. The van der Waals surface area contributed by atoms with Gasteiger partial charge in [-0.3, -0.25) is 9.59 Å². The average molecular weight is 453 g/mol. The SMILES string of the molecule is COc1cccc2oc(-c3nc4ccccc4c(=O)n3N=Cc3ccccc3OC(C)=O)cc12. The van der Waals surface area contributed by atoms with Gasteiger partial charge in [-0.1, -0.05) is 30.3 Å². The van der Waals surface area contributed by atoms with Gasteiger partial charge in [-0.25, -0.2) is 4.98 Å². The maximum absolute atomic E-state index is 13.4. The van der Waals surface area contributed by atoms with Crippen molar-refractivity contribution >= 4 is 34.1 Å². The summed E-state index contributed by atoms with van der Waals surface area (Å²) < 4.78 is 17.9. The largest absolute Gasteiger partial charge is 0.496 e. The molecule has 0 amide bonds. The number of ether oxygens (including phenoxy) is 2. The summed E-state index contributed by atoms with van der Waals surface area (Å²) in [5.41, 5.74) is 1.26. The third kappa shape index (κ3) is 3.81. The first-order chi connectivity index (χ1) is 16.5. The van der Waals surface area contributed by atoms with E-state index in [4.69, 9.17) is 13.9 Å². The van der Waals surface area contributed by atoms with Crippen molar-refractivity contribution in [2.75, 3.05) is 7.11 Å². The monoisotopic (exact) mass is 453 g/mol. The van der Waals surface area contributed by atoms with E-state index in [1.807, 2.05) is 24.3 Å². The fourth-order valence-electron chi connectivity index (χ4n) is 3.67. The number of carbonyl (C=O) groups is 1. The van der Waals surface area contributed by atoms with E-state index in [9.17, 15) is 9.59 Å². The summed E-state index contributed by atoms with van der Waals surface area (Å²) in [5, 5.41) is 5.57.